The van der Waals surface area contributed by atoms with E-state index in [0.29, 0.717) is 23.7 Å². The maximum atomic E-state index is 13.5. The van der Waals surface area contributed by atoms with Crippen molar-refractivity contribution in [3.63, 3.8) is 0 Å². The number of ether oxygens (including phenoxy) is 2. The van der Waals surface area contributed by atoms with Crippen molar-refractivity contribution < 1.29 is 18.7 Å². The normalized spacial score (nSPS) is 11.7. The molecule has 0 aliphatic heterocycles. The fourth-order valence-electron chi connectivity index (χ4n) is 3.77. The molecule has 1 aromatic heterocycles. The number of fused-ring (bicyclic) bond motifs is 1. The molecule has 4 aromatic rings. The summed E-state index contributed by atoms with van der Waals surface area (Å²) in [5.74, 6) is 0.635. The zero-order valence-corrected chi connectivity index (χ0v) is 17.8. The molecule has 1 atom stereocenters. The van der Waals surface area contributed by atoms with Crippen LogP contribution in [0.1, 0.15) is 17.0 Å². The third kappa shape index (κ3) is 4.51. The summed E-state index contributed by atoms with van der Waals surface area (Å²) in [5, 5.41) is 6.81. The molecule has 0 saturated heterocycles. The van der Waals surface area contributed by atoms with Crippen molar-refractivity contribution >= 4 is 22.6 Å². The lowest BCUT2D eigenvalue weighted by molar-refractivity contribution is 0.252. The number of benzene rings is 3. The topological polar surface area (TPSA) is 75.4 Å². The molecular formula is C25H24FN3O3. The van der Waals surface area contributed by atoms with Gasteiger partial charge in [0, 0.05) is 41.3 Å². The first-order chi connectivity index (χ1) is 15.6. The van der Waals surface area contributed by atoms with Crippen LogP contribution in [0.25, 0.3) is 10.9 Å². The molecule has 0 unspecified atom stereocenters. The zero-order valence-electron chi connectivity index (χ0n) is 17.8. The number of hydrogen-bond acceptors (Lipinski definition) is 3. The predicted molar refractivity (Wildman–Crippen MR) is 123 cm³/mol. The van der Waals surface area contributed by atoms with E-state index >= 15 is 0 Å². The first-order valence-electron chi connectivity index (χ1n) is 10.2. The Kier molecular flexibility index (Phi) is 6.26. The summed E-state index contributed by atoms with van der Waals surface area (Å²) in [6.07, 6.45) is 1.94. The van der Waals surface area contributed by atoms with Crippen LogP contribution in [0.4, 0.5) is 14.9 Å². The number of halogens is 1. The van der Waals surface area contributed by atoms with Crippen LogP contribution in [0.2, 0.25) is 0 Å². The minimum absolute atomic E-state index is 0.164. The Morgan fingerprint density at radius 3 is 2.50 bits per heavy atom. The molecule has 0 spiro atoms. The second-order valence-corrected chi connectivity index (χ2v) is 7.30. The first-order valence-corrected chi connectivity index (χ1v) is 10.2. The quantitative estimate of drug-likeness (QED) is 0.371. The van der Waals surface area contributed by atoms with Crippen molar-refractivity contribution in [2.45, 2.75) is 5.92 Å². The van der Waals surface area contributed by atoms with E-state index in [1.807, 2.05) is 30.5 Å². The monoisotopic (exact) mass is 433 g/mol. The molecule has 4 rings (SSSR count). The summed E-state index contributed by atoms with van der Waals surface area (Å²) >= 11 is 0. The molecule has 6 nitrogen and oxygen atoms in total. The van der Waals surface area contributed by atoms with E-state index in [1.54, 1.807) is 37.4 Å². The van der Waals surface area contributed by atoms with Crippen molar-refractivity contribution in [3.05, 3.63) is 89.9 Å². The van der Waals surface area contributed by atoms with Gasteiger partial charge in [0.1, 0.15) is 5.82 Å². The van der Waals surface area contributed by atoms with Gasteiger partial charge in [0.2, 0.25) is 0 Å². The number of anilines is 1. The van der Waals surface area contributed by atoms with Crippen molar-refractivity contribution in [1.82, 2.24) is 10.3 Å². The highest BCUT2D eigenvalue weighted by Gasteiger charge is 2.19. The number of rotatable bonds is 7. The largest absolute Gasteiger partial charge is 0.493 e. The highest BCUT2D eigenvalue weighted by atomic mass is 19.1. The van der Waals surface area contributed by atoms with Crippen LogP contribution in [0, 0.1) is 5.82 Å². The second kappa shape index (κ2) is 9.43. The molecule has 0 saturated carbocycles. The molecule has 3 N–H and O–H groups in total. The molecule has 0 fully saturated rings. The Labute approximate surface area is 185 Å². The van der Waals surface area contributed by atoms with E-state index in [4.69, 9.17) is 9.47 Å². The van der Waals surface area contributed by atoms with Gasteiger partial charge in [-0.25, -0.2) is 9.18 Å². The second-order valence-electron chi connectivity index (χ2n) is 7.30. The van der Waals surface area contributed by atoms with Crippen LogP contribution in [0.3, 0.4) is 0 Å². The van der Waals surface area contributed by atoms with Gasteiger partial charge in [0.15, 0.2) is 11.5 Å². The van der Waals surface area contributed by atoms with Crippen LogP contribution >= 0.6 is 0 Å². The summed E-state index contributed by atoms with van der Waals surface area (Å²) in [6.45, 7) is 0.326. The number of amides is 2. The van der Waals surface area contributed by atoms with Crippen LogP contribution in [-0.4, -0.2) is 31.8 Å². The number of urea groups is 1. The summed E-state index contributed by atoms with van der Waals surface area (Å²) < 4.78 is 24.0. The summed E-state index contributed by atoms with van der Waals surface area (Å²) in [5.41, 5.74) is 3.51. The van der Waals surface area contributed by atoms with Crippen molar-refractivity contribution in [1.29, 1.82) is 0 Å². The lowest BCUT2D eigenvalue weighted by Crippen LogP contribution is -2.32. The van der Waals surface area contributed by atoms with E-state index in [9.17, 15) is 9.18 Å². The number of aromatic nitrogens is 1. The number of nitrogens with one attached hydrogen (secondary N) is 3. The van der Waals surface area contributed by atoms with Crippen LogP contribution < -0.4 is 20.1 Å². The zero-order chi connectivity index (χ0) is 22.5. The molecule has 0 aliphatic rings. The number of aromatic amines is 1. The number of para-hydroxylation sites is 1. The highest BCUT2D eigenvalue weighted by Crippen LogP contribution is 2.31. The van der Waals surface area contributed by atoms with Gasteiger partial charge in [0.05, 0.1) is 14.2 Å². The molecule has 0 aliphatic carbocycles. The maximum Gasteiger partial charge on any atom is 0.319 e. The van der Waals surface area contributed by atoms with E-state index in [0.717, 1.165) is 22.0 Å². The summed E-state index contributed by atoms with van der Waals surface area (Å²) in [7, 11) is 3.09. The molecule has 2 amide bonds. The highest BCUT2D eigenvalue weighted by molar-refractivity contribution is 5.90. The van der Waals surface area contributed by atoms with Crippen LogP contribution in [0.15, 0.2) is 72.9 Å². The summed E-state index contributed by atoms with van der Waals surface area (Å²) in [4.78, 5) is 15.9. The predicted octanol–water partition coefficient (Wildman–Crippen LogP) is 5.28. The molecule has 3 aromatic carbocycles. The maximum absolute atomic E-state index is 13.5. The van der Waals surface area contributed by atoms with Crippen molar-refractivity contribution in [2.75, 3.05) is 26.1 Å². The lowest BCUT2D eigenvalue weighted by Gasteiger charge is -2.19. The number of methoxy groups -OCH3 is 2. The van der Waals surface area contributed by atoms with Gasteiger partial charge in [-0.1, -0.05) is 30.3 Å². The van der Waals surface area contributed by atoms with Gasteiger partial charge in [-0.3, -0.25) is 0 Å². The van der Waals surface area contributed by atoms with Gasteiger partial charge in [0.25, 0.3) is 0 Å². The SMILES string of the molecule is COc1ccc(NC(=O)NC[C@H](c2ccc(F)cc2)c2c[nH]c3ccccc23)cc1OC. The summed E-state index contributed by atoms with van der Waals surface area (Å²) in [6, 6.07) is 19.1. The third-order valence-electron chi connectivity index (χ3n) is 5.38. The lowest BCUT2D eigenvalue weighted by atomic mass is 9.91. The third-order valence-corrected chi connectivity index (χ3v) is 5.38. The number of carbonyl (C=O) groups excluding carboxylic acids is 1. The van der Waals surface area contributed by atoms with Gasteiger partial charge >= 0.3 is 6.03 Å². The number of hydrogen-bond donors (Lipinski definition) is 3. The fourth-order valence-corrected chi connectivity index (χ4v) is 3.77. The van der Waals surface area contributed by atoms with Gasteiger partial charge in [-0.15, -0.1) is 0 Å². The van der Waals surface area contributed by atoms with Gasteiger partial charge in [-0.2, -0.15) is 0 Å². The Balaban J connectivity index is 1.54. The van der Waals surface area contributed by atoms with Crippen LogP contribution in [-0.2, 0) is 0 Å². The van der Waals surface area contributed by atoms with Crippen LogP contribution in [0.5, 0.6) is 11.5 Å². The van der Waals surface area contributed by atoms with Crippen molar-refractivity contribution in [3.8, 4) is 11.5 Å². The van der Waals surface area contributed by atoms with Gasteiger partial charge < -0.3 is 25.1 Å². The Morgan fingerprint density at radius 2 is 1.75 bits per heavy atom. The standard InChI is InChI=1S/C25H24FN3O3/c1-31-23-12-11-18(13-24(23)32-2)29-25(30)28-14-20(16-7-9-17(26)10-8-16)21-15-27-22-6-4-3-5-19(21)22/h3-13,15,20,27H,14H2,1-2H3,(H2,28,29,30)/t20-/m1/s1. The Morgan fingerprint density at radius 1 is 1.00 bits per heavy atom. The average Bonchev–Trinajstić information content (AvgIpc) is 3.24. The minimum atomic E-state index is -0.357. The fraction of sp³-hybridized carbons (Fsp3) is 0.160. The molecule has 164 valence electrons. The molecule has 7 heteroatoms. The van der Waals surface area contributed by atoms with Crippen molar-refractivity contribution in [2.24, 2.45) is 0 Å². The molecular weight excluding hydrogens is 409 g/mol. The molecule has 32 heavy (non-hydrogen) atoms. The smallest absolute Gasteiger partial charge is 0.319 e. The molecule has 0 bridgehead atoms. The van der Waals surface area contributed by atoms with Gasteiger partial charge in [-0.05, 0) is 41.5 Å². The number of H-pyrrole nitrogens is 1. The Hall–Kier alpha value is -4.00. The molecule has 1 heterocycles. The first kappa shape index (κ1) is 21.2. The van der Waals surface area contributed by atoms with E-state index < -0.39 is 0 Å². The average molecular weight is 433 g/mol. The van der Waals surface area contributed by atoms with E-state index in [1.165, 1.54) is 19.2 Å². The number of carbonyl (C=O) groups is 1. The minimum Gasteiger partial charge on any atom is -0.493 e. The Bertz CT molecular complexity index is 1220. The van der Waals surface area contributed by atoms with E-state index in [-0.39, 0.29) is 17.8 Å². The van der Waals surface area contributed by atoms with E-state index in [2.05, 4.69) is 15.6 Å². The molecule has 0 radical (unpaired) electrons.